The van der Waals surface area contributed by atoms with Crippen LogP contribution in [0.15, 0.2) is 16.8 Å². The van der Waals surface area contributed by atoms with E-state index in [1.165, 1.54) is 24.2 Å². The molecule has 0 fully saturated rings. The second kappa shape index (κ2) is 8.20. The zero-order chi connectivity index (χ0) is 10.9. The van der Waals surface area contributed by atoms with Crippen molar-refractivity contribution in [3.63, 3.8) is 0 Å². The van der Waals surface area contributed by atoms with E-state index in [2.05, 4.69) is 35.3 Å². The van der Waals surface area contributed by atoms with Crippen LogP contribution in [0.25, 0.3) is 0 Å². The summed E-state index contributed by atoms with van der Waals surface area (Å²) < 4.78 is 0. The van der Waals surface area contributed by atoms with Crippen LogP contribution in [0, 0.1) is 0 Å². The predicted octanol–water partition coefficient (Wildman–Crippen LogP) is 3.41. The van der Waals surface area contributed by atoms with Gasteiger partial charge in [-0.05, 0) is 67.1 Å². The van der Waals surface area contributed by atoms with Gasteiger partial charge in [-0.1, -0.05) is 0 Å². The molecule has 1 unspecified atom stereocenters. The first-order valence-electron chi connectivity index (χ1n) is 5.56. The summed E-state index contributed by atoms with van der Waals surface area (Å²) in [6.07, 6.45) is 5.97. The number of rotatable bonds is 8. The summed E-state index contributed by atoms with van der Waals surface area (Å²) in [7, 11) is 0. The first-order chi connectivity index (χ1) is 7.33. The maximum absolute atomic E-state index is 3.58. The van der Waals surface area contributed by atoms with Gasteiger partial charge in [0.05, 0.1) is 0 Å². The minimum absolute atomic E-state index is 0.605. The molecular formula is C12H21NS2. The van der Waals surface area contributed by atoms with Crippen molar-refractivity contribution in [2.45, 2.75) is 32.2 Å². The van der Waals surface area contributed by atoms with Crippen LogP contribution in [0.5, 0.6) is 0 Å². The van der Waals surface area contributed by atoms with E-state index >= 15 is 0 Å². The topological polar surface area (TPSA) is 12.0 Å². The van der Waals surface area contributed by atoms with Gasteiger partial charge in [-0.15, -0.1) is 0 Å². The standard InChI is InChI=1S/C12H21NS2/c1-11(9-12-5-8-15-10-12)13-6-3-4-7-14-2/h5,8,10-11,13H,3-4,6-7,9H2,1-2H3. The Morgan fingerprint density at radius 2 is 2.33 bits per heavy atom. The van der Waals surface area contributed by atoms with Crippen LogP contribution in [-0.4, -0.2) is 24.6 Å². The lowest BCUT2D eigenvalue weighted by atomic mass is 10.1. The van der Waals surface area contributed by atoms with E-state index in [4.69, 9.17) is 0 Å². The van der Waals surface area contributed by atoms with Crippen LogP contribution in [0.1, 0.15) is 25.3 Å². The highest BCUT2D eigenvalue weighted by Crippen LogP contribution is 2.08. The Morgan fingerprint density at radius 1 is 1.47 bits per heavy atom. The van der Waals surface area contributed by atoms with Crippen molar-refractivity contribution in [2.24, 2.45) is 0 Å². The maximum Gasteiger partial charge on any atom is 0.00794 e. The molecule has 86 valence electrons. The second-order valence-electron chi connectivity index (χ2n) is 3.89. The lowest BCUT2D eigenvalue weighted by Crippen LogP contribution is -2.28. The largest absolute Gasteiger partial charge is 0.314 e. The van der Waals surface area contributed by atoms with E-state index < -0.39 is 0 Å². The molecule has 0 spiro atoms. The van der Waals surface area contributed by atoms with E-state index in [1.54, 1.807) is 11.3 Å². The molecule has 1 nitrogen and oxygen atoms in total. The number of unbranched alkanes of at least 4 members (excludes halogenated alkanes) is 1. The van der Waals surface area contributed by atoms with Crippen LogP contribution in [0.4, 0.5) is 0 Å². The molecule has 0 saturated carbocycles. The van der Waals surface area contributed by atoms with Crippen LogP contribution < -0.4 is 5.32 Å². The van der Waals surface area contributed by atoms with Crippen molar-refractivity contribution in [2.75, 3.05) is 18.6 Å². The van der Waals surface area contributed by atoms with Gasteiger partial charge in [0.25, 0.3) is 0 Å². The Kier molecular flexibility index (Phi) is 7.14. The third-order valence-corrected chi connectivity index (χ3v) is 3.82. The summed E-state index contributed by atoms with van der Waals surface area (Å²) in [6.45, 7) is 3.43. The van der Waals surface area contributed by atoms with Gasteiger partial charge in [0.2, 0.25) is 0 Å². The second-order valence-corrected chi connectivity index (χ2v) is 5.66. The van der Waals surface area contributed by atoms with Gasteiger partial charge in [0.15, 0.2) is 0 Å². The zero-order valence-electron chi connectivity index (χ0n) is 9.66. The summed E-state index contributed by atoms with van der Waals surface area (Å²) in [4.78, 5) is 0. The predicted molar refractivity (Wildman–Crippen MR) is 73.1 cm³/mol. The average molecular weight is 243 g/mol. The maximum atomic E-state index is 3.58. The highest BCUT2D eigenvalue weighted by Gasteiger charge is 2.02. The Morgan fingerprint density at radius 3 is 3.00 bits per heavy atom. The molecule has 0 bridgehead atoms. The molecule has 1 aromatic rings. The number of thioether (sulfide) groups is 1. The van der Waals surface area contributed by atoms with Crippen molar-refractivity contribution in [1.29, 1.82) is 0 Å². The summed E-state index contributed by atoms with van der Waals surface area (Å²) in [5.41, 5.74) is 1.46. The van der Waals surface area contributed by atoms with Gasteiger partial charge in [-0.2, -0.15) is 23.1 Å². The van der Waals surface area contributed by atoms with Gasteiger partial charge in [-0.25, -0.2) is 0 Å². The molecule has 0 amide bonds. The molecule has 1 N–H and O–H groups in total. The molecule has 0 aromatic carbocycles. The molecule has 3 heteroatoms. The van der Waals surface area contributed by atoms with Gasteiger partial charge in [0.1, 0.15) is 0 Å². The minimum Gasteiger partial charge on any atom is -0.314 e. The van der Waals surface area contributed by atoms with Gasteiger partial charge in [-0.3, -0.25) is 0 Å². The Balaban J connectivity index is 2.01. The molecule has 15 heavy (non-hydrogen) atoms. The lowest BCUT2D eigenvalue weighted by Gasteiger charge is -2.12. The average Bonchev–Trinajstić information content (AvgIpc) is 2.70. The summed E-state index contributed by atoms with van der Waals surface area (Å²) in [5, 5.41) is 7.97. The van der Waals surface area contributed by atoms with Gasteiger partial charge in [0, 0.05) is 6.04 Å². The van der Waals surface area contributed by atoms with E-state index in [-0.39, 0.29) is 0 Å². The molecular weight excluding hydrogens is 222 g/mol. The molecule has 1 heterocycles. The summed E-state index contributed by atoms with van der Waals surface area (Å²) in [5.74, 6) is 1.29. The van der Waals surface area contributed by atoms with Crippen LogP contribution >= 0.6 is 23.1 Å². The van der Waals surface area contributed by atoms with E-state index in [0.29, 0.717) is 6.04 Å². The normalized spacial score (nSPS) is 12.9. The molecule has 0 radical (unpaired) electrons. The highest BCUT2D eigenvalue weighted by molar-refractivity contribution is 7.98. The number of nitrogens with one attached hydrogen (secondary N) is 1. The fraction of sp³-hybridized carbons (Fsp3) is 0.667. The minimum atomic E-state index is 0.605. The van der Waals surface area contributed by atoms with Gasteiger partial charge < -0.3 is 5.32 Å². The fourth-order valence-electron chi connectivity index (χ4n) is 1.55. The SMILES string of the molecule is CSCCCCNC(C)Cc1ccsc1. The van der Waals surface area contributed by atoms with Gasteiger partial charge >= 0.3 is 0 Å². The summed E-state index contributed by atoms with van der Waals surface area (Å²) >= 11 is 3.72. The third-order valence-electron chi connectivity index (χ3n) is 2.39. The number of hydrogen-bond donors (Lipinski definition) is 1. The molecule has 0 aliphatic rings. The molecule has 0 aliphatic heterocycles. The van der Waals surface area contributed by atoms with Crippen molar-refractivity contribution in [1.82, 2.24) is 5.32 Å². The van der Waals surface area contributed by atoms with Crippen LogP contribution in [0.3, 0.4) is 0 Å². The highest BCUT2D eigenvalue weighted by atomic mass is 32.2. The van der Waals surface area contributed by atoms with Crippen LogP contribution in [0.2, 0.25) is 0 Å². The first kappa shape index (κ1) is 13.1. The number of thiophene rings is 1. The zero-order valence-corrected chi connectivity index (χ0v) is 11.3. The monoisotopic (exact) mass is 243 g/mol. The van der Waals surface area contributed by atoms with E-state index in [9.17, 15) is 0 Å². The van der Waals surface area contributed by atoms with Crippen molar-refractivity contribution in [3.05, 3.63) is 22.4 Å². The molecule has 1 atom stereocenters. The van der Waals surface area contributed by atoms with E-state index in [0.717, 1.165) is 13.0 Å². The third kappa shape index (κ3) is 6.23. The Bertz CT molecular complexity index is 234. The Hall–Kier alpha value is 0.01000. The molecule has 1 aromatic heterocycles. The smallest absolute Gasteiger partial charge is 0.00794 e. The van der Waals surface area contributed by atoms with E-state index in [1.807, 2.05) is 11.8 Å². The van der Waals surface area contributed by atoms with Crippen LogP contribution in [-0.2, 0) is 6.42 Å². The Labute approximate surface area is 102 Å². The first-order valence-corrected chi connectivity index (χ1v) is 7.90. The van der Waals surface area contributed by atoms with Crippen molar-refractivity contribution in [3.8, 4) is 0 Å². The molecule has 0 saturated heterocycles. The molecule has 1 rings (SSSR count). The lowest BCUT2D eigenvalue weighted by molar-refractivity contribution is 0.532. The quantitative estimate of drug-likeness (QED) is 0.702. The van der Waals surface area contributed by atoms with Crippen molar-refractivity contribution < 1.29 is 0 Å². The molecule has 0 aliphatic carbocycles. The van der Waals surface area contributed by atoms with Crippen molar-refractivity contribution >= 4 is 23.1 Å². The summed E-state index contributed by atoms with van der Waals surface area (Å²) in [6, 6.07) is 2.82. The number of hydrogen-bond acceptors (Lipinski definition) is 3. The fourth-order valence-corrected chi connectivity index (χ4v) is 2.73.